The van der Waals surface area contributed by atoms with Crippen molar-refractivity contribution in [3.8, 4) is 5.75 Å². The zero-order valence-corrected chi connectivity index (χ0v) is 19.9. The van der Waals surface area contributed by atoms with Crippen LogP contribution in [0.3, 0.4) is 0 Å². The molecule has 0 bridgehead atoms. The second-order valence-electron chi connectivity index (χ2n) is 9.72. The maximum atomic E-state index is 13.3. The number of benzene rings is 2. The monoisotopic (exact) mass is 469 g/mol. The molecule has 1 amide bonds. The van der Waals surface area contributed by atoms with Gasteiger partial charge in [-0.15, -0.1) is 0 Å². The highest BCUT2D eigenvalue weighted by Crippen LogP contribution is 2.48. The van der Waals surface area contributed by atoms with E-state index in [9.17, 15) is 4.79 Å². The van der Waals surface area contributed by atoms with E-state index in [1.807, 2.05) is 17.0 Å². The van der Waals surface area contributed by atoms with Gasteiger partial charge >= 0.3 is 0 Å². The average Bonchev–Trinajstić information content (AvgIpc) is 3.73. The number of aromatic nitrogens is 2. The zero-order chi connectivity index (χ0) is 23.6. The summed E-state index contributed by atoms with van der Waals surface area (Å²) in [6.07, 6.45) is 4.55. The summed E-state index contributed by atoms with van der Waals surface area (Å²) in [7, 11) is 0. The second kappa shape index (κ2) is 9.66. The van der Waals surface area contributed by atoms with E-state index in [2.05, 4.69) is 62.2 Å². The van der Waals surface area contributed by atoms with Crippen LogP contribution in [0.4, 0.5) is 5.95 Å². The minimum absolute atomic E-state index is 0.104. The lowest BCUT2D eigenvalue weighted by Gasteiger charge is -2.34. The lowest BCUT2D eigenvalue weighted by atomic mass is 10.1. The number of nitrogens with zero attached hydrogens (tertiary/aromatic N) is 5. The van der Waals surface area contributed by atoms with Crippen LogP contribution in [0.15, 0.2) is 67.0 Å². The molecule has 7 nitrogen and oxygen atoms in total. The number of rotatable bonds is 5. The molecule has 1 aliphatic carbocycles. The van der Waals surface area contributed by atoms with E-state index in [4.69, 9.17) is 4.74 Å². The normalized spacial score (nSPS) is 22.2. The third-order valence-corrected chi connectivity index (χ3v) is 7.37. The molecule has 2 aromatic carbocycles. The molecule has 1 saturated heterocycles. The van der Waals surface area contributed by atoms with Gasteiger partial charge in [-0.25, -0.2) is 9.97 Å². The molecule has 3 heterocycles. The molecule has 0 radical (unpaired) electrons. The Morgan fingerprint density at radius 3 is 2.54 bits per heavy atom. The smallest absolute Gasteiger partial charge is 0.226 e. The number of amides is 1. The summed E-state index contributed by atoms with van der Waals surface area (Å²) in [5.41, 5.74) is 3.65. The SMILES string of the molecule is O=C([C@@H]1C[C@H]1c1ccccc1)N1CCOc2ccc(CN3CCN(c4ncccn4)CC3)cc2C1. The number of piperazine rings is 1. The summed E-state index contributed by atoms with van der Waals surface area (Å²) in [5.74, 6) is 2.44. The van der Waals surface area contributed by atoms with Crippen LogP contribution in [0.25, 0.3) is 0 Å². The Labute approximate surface area is 206 Å². The van der Waals surface area contributed by atoms with Gasteiger partial charge in [0.2, 0.25) is 11.9 Å². The van der Waals surface area contributed by atoms with Crippen molar-refractivity contribution in [1.82, 2.24) is 19.8 Å². The minimum atomic E-state index is 0.104. The fourth-order valence-corrected chi connectivity index (χ4v) is 5.32. The maximum Gasteiger partial charge on any atom is 0.226 e. The Bertz CT molecular complexity index is 1160. The Hall–Kier alpha value is -3.45. The molecule has 1 aromatic heterocycles. The topological polar surface area (TPSA) is 61.8 Å². The van der Waals surface area contributed by atoms with Crippen molar-refractivity contribution in [1.29, 1.82) is 0 Å². The van der Waals surface area contributed by atoms with Crippen LogP contribution in [0, 0.1) is 5.92 Å². The van der Waals surface area contributed by atoms with Crippen molar-refractivity contribution in [2.45, 2.75) is 25.4 Å². The molecule has 0 spiro atoms. The van der Waals surface area contributed by atoms with Gasteiger partial charge in [0.25, 0.3) is 0 Å². The molecule has 6 rings (SSSR count). The molecular formula is C28H31N5O2. The fourth-order valence-electron chi connectivity index (χ4n) is 5.32. The van der Waals surface area contributed by atoms with E-state index < -0.39 is 0 Å². The van der Waals surface area contributed by atoms with Crippen molar-refractivity contribution < 1.29 is 9.53 Å². The number of ether oxygens (including phenoxy) is 1. The highest BCUT2D eigenvalue weighted by molar-refractivity contribution is 5.83. The van der Waals surface area contributed by atoms with Crippen LogP contribution < -0.4 is 9.64 Å². The first-order chi connectivity index (χ1) is 17.2. The summed E-state index contributed by atoms with van der Waals surface area (Å²) in [4.78, 5) is 28.8. The first-order valence-corrected chi connectivity index (χ1v) is 12.6. The van der Waals surface area contributed by atoms with Gasteiger partial charge in [-0.1, -0.05) is 36.4 Å². The second-order valence-corrected chi connectivity index (χ2v) is 9.72. The molecule has 180 valence electrons. The highest BCUT2D eigenvalue weighted by atomic mass is 16.5. The van der Waals surface area contributed by atoms with Gasteiger partial charge in [0, 0.05) is 63.1 Å². The lowest BCUT2D eigenvalue weighted by Crippen LogP contribution is -2.46. The number of fused-ring (bicyclic) bond motifs is 1. The van der Waals surface area contributed by atoms with E-state index in [1.54, 1.807) is 12.4 Å². The zero-order valence-electron chi connectivity index (χ0n) is 19.9. The summed E-state index contributed by atoms with van der Waals surface area (Å²) >= 11 is 0. The van der Waals surface area contributed by atoms with Crippen LogP contribution in [-0.2, 0) is 17.9 Å². The van der Waals surface area contributed by atoms with Gasteiger partial charge in [0.15, 0.2) is 0 Å². The Morgan fingerprint density at radius 2 is 1.74 bits per heavy atom. The van der Waals surface area contributed by atoms with Gasteiger partial charge in [-0.3, -0.25) is 9.69 Å². The molecule has 0 N–H and O–H groups in total. The molecule has 3 aliphatic rings. The summed E-state index contributed by atoms with van der Waals surface area (Å²) in [6, 6.07) is 18.7. The van der Waals surface area contributed by atoms with Crippen molar-refractivity contribution >= 4 is 11.9 Å². The number of anilines is 1. The largest absolute Gasteiger partial charge is 0.491 e. The first-order valence-electron chi connectivity index (χ1n) is 12.6. The van der Waals surface area contributed by atoms with Gasteiger partial charge in [-0.05, 0) is 41.7 Å². The van der Waals surface area contributed by atoms with Gasteiger partial charge in [0.1, 0.15) is 12.4 Å². The standard InChI is InChI=1S/C28H31N5O2/c34-27(25-18-24(25)22-5-2-1-3-6-22)33-15-16-35-26-8-7-21(17-23(26)20-33)19-31-11-13-32(14-12-31)28-29-9-4-10-30-28/h1-10,17,24-25H,11-16,18-20H2/t24-,25+/m0/s1. The highest BCUT2D eigenvalue weighted by Gasteiger charge is 2.45. The fraction of sp³-hybridized carbons (Fsp3) is 0.393. The summed E-state index contributed by atoms with van der Waals surface area (Å²) in [5, 5.41) is 0. The van der Waals surface area contributed by atoms with Crippen molar-refractivity contribution in [2.24, 2.45) is 5.92 Å². The first kappa shape index (κ1) is 22.0. The molecular weight excluding hydrogens is 438 g/mol. The average molecular weight is 470 g/mol. The molecule has 7 heteroatoms. The van der Waals surface area contributed by atoms with Crippen LogP contribution in [0.5, 0.6) is 5.75 Å². The Kier molecular flexibility index (Phi) is 6.08. The molecule has 2 fully saturated rings. The molecule has 1 saturated carbocycles. The predicted molar refractivity (Wildman–Crippen MR) is 134 cm³/mol. The van der Waals surface area contributed by atoms with E-state index >= 15 is 0 Å². The predicted octanol–water partition coefficient (Wildman–Crippen LogP) is 3.32. The Morgan fingerprint density at radius 1 is 0.943 bits per heavy atom. The maximum absolute atomic E-state index is 13.3. The van der Waals surface area contributed by atoms with Gasteiger partial charge in [-0.2, -0.15) is 0 Å². The minimum Gasteiger partial charge on any atom is -0.491 e. The van der Waals surface area contributed by atoms with Crippen LogP contribution in [-0.4, -0.2) is 65.0 Å². The number of hydrogen-bond acceptors (Lipinski definition) is 6. The van der Waals surface area contributed by atoms with Crippen LogP contribution in [0.2, 0.25) is 0 Å². The summed E-state index contributed by atoms with van der Waals surface area (Å²) < 4.78 is 6.02. The number of carbonyl (C=O) groups excluding carboxylic acids is 1. The van der Waals surface area contributed by atoms with Crippen LogP contribution in [0.1, 0.15) is 29.0 Å². The third-order valence-electron chi connectivity index (χ3n) is 7.37. The van der Waals surface area contributed by atoms with Gasteiger partial charge < -0.3 is 14.5 Å². The van der Waals surface area contributed by atoms with Crippen LogP contribution >= 0.6 is 0 Å². The molecule has 35 heavy (non-hydrogen) atoms. The van der Waals surface area contributed by atoms with E-state index in [1.165, 1.54) is 11.1 Å². The molecule has 2 atom stereocenters. The van der Waals surface area contributed by atoms with Gasteiger partial charge in [0.05, 0.1) is 6.54 Å². The number of carbonyl (C=O) groups is 1. The molecule has 0 unspecified atom stereocenters. The summed E-state index contributed by atoms with van der Waals surface area (Å²) in [6.45, 7) is 6.49. The lowest BCUT2D eigenvalue weighted by molar-refractivity contribution is -0.133. The van der Waals surface area contributed by atoms with Crippen molar-refractivity contribution in [3.05, 3.63) is 83.7 Å². The third kappa shape index (κ3) is 4.86. The quantitative estimate of drug-likeness (QED) is 0.571. The van der Waals surface area contributed by atoms with E-state index in [0.29, 0.717) is 25.6 Å². The van der Waals surface area contributed by atoms with E-state index in [-0.39, 0.29) is 11.8 Å². The molecule has 2 aliphatic heterocycles. The number of hydrogen-bond donors (Lipinski definition) is 0. The molecule has 3 aromatic rings. The van der Waals surface area contributed by atoms with Crippen molar-refractivity contribution in [2.75, 3.05) is 44.2 Å². The Balaban J connectivity index is 1.08. The van der Waals surface area contributed by atoms with E-state index in [0.717, 1.165) is 56.4 Å². The van der Waals surface area contributed by atoms with Crippen molar-refractivity contribution in [3.63, 3.8) is 0 Å².